The van der Waals surface area contributed by atoms with Gasteiger partial charge in [0.2, 0.25) is 0 Å². The SMILES string of the molecule is O=C(NCC1(O)CCSC1)c1ccc(-c2ccc(F)cc2)cc1F. The predicted octanol–water partition coefficient (Wildman–Crippen LogP) is 3.23. The van der Waals surface area contributed by atoms with E-state index < -0.39 is 17.3 Å². The Labute approximate surface area is 143 Å². The highest BCUT2D eigenvalue weighted by Gasteiger charge is 2.32. The Bertz CT molecular complexity index is 743. The Morgan fingerprint density at radius 2 is 1.88 bits per heavy atom. The van der Waals surface area contributed by atoms with Crippen LogP contribution in [0.2, 0.25) is 0 Å². The molecule has 1 unspecified atom stereocenters. The summed E-state index contributed by atoms with van der Waals surface area (Å²) < 4.78 is 27.2. The number of halogens is 2. The van der Waals surface area contributed by atoms with E-state index in [1.807, 2.05) is 0 Å². The number of hydrogen-bond acceptors (Lipinski definition) is 3. The van der Waals surface area contributed by atoms with E-state index in [2.05, 4.69) is 5.32 Å². The van der Waals surface area contributed by atoms with Crippen molar-refractivity contribution in [2.45, 2.75) is 12.0 Å². The third-order valence-electron chi connectivity index (χ3n) is 4.05. The lowest BCUT2D eigenvalue weighted by Crippen LogP contribution is -2.43. The molecule has 1 fully saturated rings. The van der Waals surface area contributed by atoms with Crippen LogP contribution in [0.5, 0.6) is 0 Å². The molecule has 2 aromatic rings. The molecule has 0 aliphatic carbocycles. The number of hydrogen-bond donors (Lipinski definition) is 2. The van der Waals surface area contributed by atoms with E-state index in [0.717, 1.165) is 5.75 Å². The minimum absolute atomic E-state index is 0.0740. The average Bonchev–Trinajstić information content (AvgIpc) is 3.00. The van der Waals surface area contributed by atoms with Gasteiger partial charge in [0.25, 0.3) is 5.91 Å². The molecule has 0 radical (unpaired) electrons. The molecule has 2 aromatic carbocycles. The van der Waals surface area contributed by atoms with Crippen molar-refractivity contribution in [3.63, 3.8) is 0 Å². The van der Waals surface area contributed by atoms with Gasteiger partial charge in [0, 0.05) is 12.3 Å². The van der Waals surface area contributed by atoms with Crippen LogP contribution in [0.1, 0.15) is 16.8 Å². The molecule has 1 amide bonds. The van der Waals surface area contributed by atoms with Crippen LogP contribution in [0, 0.1) is 11.6 Å². The standard InChI is InChI=1S/C18H17F2NO2S/c19-14-4-1-12(2-5-14)13-3-6-15(16(20)9-13)17(22)21-10-18(23)7-8-24-11-18/h1-6,9,23H,7-8,10-11H2,(H,21,22). The van der Waals surface area contributed by atoms with E-state index in [1.54, 1.807) is 30.0 Å². The van der Waals surface area contributed by atoms with Crippen molar-refractivity contribution in [2.24, 2.45) is 0 Å². The Balaban J connectivity index is 1.72. The molecule has 3 nitrogen and oxygen atoms in total. The van der Waals surface area contributed by atoms with Gasteiger partial charge in [-0.2, -0.15) is 11.8 Å². The van der Waals surface area contributed by atoms with Gasteiger partial charge in [-0.3, -0.25) is 4.79 Å². The highest BCUT2D eigenvalue weighted by Crippen LogP contribution is 2.27. The molecule has 1 aliphatic rings. The van der Waals surface area contributed by atoms with Crippen molar-refractivity contribution in [1.29, 1.82) is 0 Å². The van der Waals surface area contributed by atoms with Crippen molar-refractivity contribution in [3.05, 3.63) is 59.7 Å². The number of amides is 1. The van der Waals surface area contributed by atoms with Crippen LogP contribution in [0.15, 0.2) is 42.5 Å². The van der Waals surface area contributed by atoms with E-state index in [0.29, 0.717) is 23.3 Å². The summed E-state index contributed by atoms with van der Waals surface area (Å²) >= 11 is 1.63. The fraction of sp³-hybridized carbons (Fsp3) is 0.278. The first kappa shape index (κ1) is 16.9. The molecule has 0 bridgehead atoms. The van der Waals surface area contributed by atoms with Crippen molar-refractivity contribution < 1.29 is 18.7 Å². The fourth-order valence-electron chi connectivity index (χ4n) is 2.60. The van der Waals surface area contributed by atoms with E-state index in [4.69, 9.17) is 0 Å². The molecule has 0 aromatic heterocycles. The quantitative estimate of drug-likeness (QED) is 0.891. The highest BCUT2D eigenvalue weighted by molar-refractivity contribution is 7.99. The summed E-state index contributed by atoms with van der Waals surface area (Å²) in [5.41, 5.74) is 0.245. The lowest BCUT2D eigenvalue weighted by Gasteiger charge is -2.21. The highest BCUT2D eigenvalue weighted by atomic mass is 32.2. The zero-order valence-electron chi connectivity index (χ0n) is 12.9. The molecule has 6 heteroatoms. The van der Waals surface area contributed by atoms with Gasteiger partial charge in [-0.1, -0.05) is 18.2 Å². The Morgan fingerprint density at radius 3 is 2.50 bits per heavy atom. The van der Waals surface area contributed by atoms with Crippen LogP contribution in [0.25, 0.3) is 11.1 Å². The molecule has 126 valence electrons. The molecule has 2 N–H and O–H groups in total. The summed E-state index contributed by atoms with van der Waals surface area (Å²) in [5, 5.41) is 12.8. The van der Waals surface area contributed by atoms with Crippen molar-refractivity contribution in [1.82, 2.24) is 5.32 Å². The Morgan fingerprint density at radius 1 is 1.17 bits per heavy atom. The Kier molecular flexibility index (Phi) is 4.87. The van der Waals surface area contributed by atoms with Crippen LogP contribution in [0.3, 0.4) is 0 Å². The third-order valence-corrected chi connectivity index (χ3v) is 5.29. The summed E-state index contributed by atoms with van der Waals surface area (Å²) in [5.74, 6) is -0.143. The minimum Gasteiger partial charge on any atom is -0.387 e. The molecule has 1 aliphatic heterocycles. The van der Waals surface area contributed by atoms with E-state index >= 15 is 0 Å². The van der Waals surface area contributed by atoms with Crippen LogP contribution >= 0.6 is 11.8 Å². The first-order valence-electron chi connectivity index (χ1n) is 7.61. The second kappa shape index (κ2) is 6.91. The van der Waals surface area contributed by atoms with Gasteiger partial charge in [-0.25, -0.2) is 8.78 Å². The number of aliphatic hydroxyl groups is 1. The molecule has 1 saturated heterocycles. The van der Waals surface area contributed by atoms with Crippen molar-refractivity contribution >= 4 is 17.7 Å². The molecule has 24 heavy (non-hydrogen) atoms. The topological polar surface area (TPSA) is 49.3 Å². The molecular formula is C18H17F2NO2S. The number of benzene rings is 2. The zero-order valence-corrected chi connectivity index (χ0v) is 13.7. The average molecular weight is 349 g/mol. The van der Waals surface area contributed by atoms with Crippen LogP contribution in [-0.4, -0.2) is 34.7 Å². The molecule has 3 rings (SSSR count). The van der Waals surface area contributed by atoms with E-state index in [-0.39, 0.29) is 17.9 Å². The molecule has 1 heterocycles. The van der Waals surface area contributed by atoms with Gasteiger partial charge in [0.15, 0.2) is 0 Å². The Hall–Kier alpha value is -1.92. The number of thioether (sulfide) groups is 1. The van der Waals surface area contributed by atoms with Crippen molar-refractivity contribution in [2.75, 3.05) is 18.1 Å². The maximum atomic E-state index is 14.3. The van der Waals surface area contributed by atoms with Gasteiger partial charge in [0.05, 0.1) is 11.2 Å². The summed E-state index contributed by atoms with van der Waals surface area (Å²) in [4.78, 5) is 12.1. The number of carbonyl (C=O) groups excluding carboxylic acids is 1. The predicted molar refractivity (Wildman–Crippen MR) is 91.0 cm³/mol. The second-order valence-corrected chi connectivity index (χ2v) is 7.02. The minimum atomic E-state index is -0.912. The summed E-state index contributed by atoms with van der Waals surface area (Å²) in [7, 11) is 0. The first-order chi connectivity index (χ1) is 11.5. The summed E-state index contributed by atoms with van der Waals surface area (Å²) in [6, 6.07) is 9.97. The summed E-state index contributed by atoms with van der Waals surface area (Å²) in [6.45, 7) is 0.109. The van der Waals surface area contributed by atoms with Gasteiger partial charge < -0.3 is 10.4 Å². The molecule has 0 saturated carbocycles. The zero-order chi connectivity index (χ0) is 17.2. The van der Waals surface area contributed by atoms with Gasteiger partial charge in [-0.05, 0) is 47.6 Å². The molecule has 0 spiro atoms. The fourth-order valence-corrected chi connectivity index (χ4v) is 3.89. The third kappa shape index (κ3) is 3.76. The van der Waals surface area contributed by atoms with Crippen LogP contribution in [0.4, 0.5) is 8.78 Å². The van der Waals surface area contributed by atoms with Gasteiger partial charge >= 0.3 is 0 Å². The molecular weight excluding hydrogens is 332 g/mol. The van der Waals surface area contributed by atoms with Crippen LogP contribution < -0.4 is 5.32 Å². The van der Waals surface area contributed by atoms with Gasteiger partial charge in [0.1, 0.15) is 11.6 Å². The largest absolute Gasteiger partial charge is 0.387 e. The second-order valence-electron chi connectivity index (χ2n) is 5.91. The number of rotatable bonds is 4. The summed E-state index contributed by atoms with van der Waals surface area (Å²) in [6.07, 6.45) is 0.615. The van der Waals surface area contributed by atoms with E-state index in [1.165, 1.54) is 24.3 Å². The maximum Gasteiger partial charge on any atom is 0.254 e. The van der Waals surface area contributed by atoms with Gasteiger partial charge in [-0.15, -0.1) is 0 Å². The van der Waals surface area contributed by atoms with Crippen LogP contribution in [-0.2, 0) is 0 Å². The van der Waals surface area contributed by atoms with Crippen molar-refractivity contribution in [3.8, 4) is 11.1 Å². The number of carbonyl (C=O) groups is 1. The normalized spacial score (nSPS) is 20.1. The lowest BCUT2D eigenvalue weighted by molar-refractivity contribution is 0.0611. The lowest BCUT2D eigenvalue weighted by atomic mass is 10.0. The smallest absolute Gasteiger partial charge is 0.254 e. The first-order valence-corrected chi connectivity index (χ1v) is 8.76. The molecule has 1 atom stereocenters. The maximum absolute atomic E-state index is 14.3. The monoisotopic (exact) mass is 349 g/mol. The number of nitrogens with one attached hydrogen (secondary N) is 1. The van der Waals surface area contributed by atoms with E-state index in [9.17, 15) is 18.7 Å².